The zero-order valence-corrected chi connectivity index (χ0v) is 24.5. The second kappa shape index (κ2) is 9.32. The number of hydrogen-bond donors (Lipinski definition) is 5. The molecule has 2 aromatic rings. The Hall–Kier alpha value is -4.35. The van der Waals surface area contributed by atoms with Crippen LogP contribution in [0, 0.1) is 11.8 Å². The van der Waals surface area contributed by atoms with Crippen LogP contribution in [0.4, 0.5) is 0 Å². The minimum absolute atomic E-state index is 0.00806. The number of carbonyl (C=O) groups excluding carboxylic acids is 3. The lowest BCUT2D eigenvalue weighted by Crippen LogP contribution is -2.65. The van der Waals surface area contributed by atoms with E-state index in [0.29, 0.717) is 28.2 Å². The number of primary amides is 1. The van der Waals surface area contributed by atoms with E-state index in [4.69, 9.17) is 15.2 Å². The molecule has 2 aromatic carbocycles. The molecule has 6 rings (SSSR count). The molecule has 11 nitrogen and oxygen atoms in total. The average Bonchev–Trinajstić information content (AvgIpc) is 3.38. The number of rotatable bonds is 3. The number of hydrogen-bond acceptors (Lipinski definition) is 10. The van der Waals surface area contributed by atoms with Crippen molar-refractivity contribution in [1.82, 2.24) is 4.90 Å². The summed E-state index contributed by atoms with van der Waals surface area (Å²) in [4.78, 5) is 41.3. The van der Waals surface area contributed by atoms with Gasteiger partial charge in [0, 0.05) is 17.1 Å². The molecule has 4 atom stereocenters. The molecule has 0 aromatic heterocycles. The van der Waals surface area contributed by atoms with Crippen molar-refractivity contribution in [2.45, 2.75) is 50.7 Å². The van der Waals surface area contributed by atoms with E-state index in [1.807, 2.05) is 39.0 Å². The molecule has 0 bridgehead atoms. The predicted molar refractivity (Wildman–Crippen MR) is 155 cm³/mol. The van der Waals surface area contributed by atoms with E-state index in [9.17, 15) is 34.8 Å². The lowest BCUT2D eigenvalue weighted by atomic mass is 9.57. The first-order valence-corrected chi connectivity index (χ1v) is 14.0. The van der Waals surface area contributed by atoms with Gasteiger partial charge in [-0.15, -0.1) is 0 Å². The summed E-state index contributed by atoms with van der Waals surface area (Å²) in [7, 11) is 3.13. The zero-order chi connectivity index (χ0) is 31.3. The highest BCUT2D eigenvalue weighted by molar-refractivity contribution is 6.24. The third kappa shape index (κ3) is 3.91. The molecule has 226 valence electrons. The normalized spacial score (nSPS) is 26.4. The number of carbonyl (C=O) groups is 3. The number of ketones is 2. The first-order valence-electron chi connectivity index (χ1n) is 14.0. The monoisotopic (exact) mass is 590 g/mol. The zero-order valence-electron chi connectivity index (χ0n) is 24.5. The van der Waals surface area contributed by atoms with Crippen LogP contribution in [0.15, 0.2) is 41.2 Å². The molecule has 0 spiro atoms. The minimum atomic E-state index is -2.69. The van der Waals surface area contributed by atoms with Gasteiger partial charge in [0.25, 0.3) is 5.91 Å². The van der Waals surface area contributed by atoms with Crippen LogP contribution in [0.5, 0.6) is 17.2 Å². The molecule has 0 radical (unpaired) electrons. The summed E-state index contributed by atoms with van der Waals surface area (Å²) in [6.07, 6.45) is 0.185. The first kappa shape index (κ1) is 28.8. The van der Waals surface area contributed by atoms with Crippen molar-refractivity contribution < 1.29 is 44.3 Å². The van der Waals surface area contributed by atoms with E-state index in [2.05, 4.69) is 0 Å². The Kier molecular flexibility index (Phi) is 6.23. The first-order chi connectivity index (χ1) is 20.1. The Morgan fingerprint density at radius 2 is 1.74 bits per heavy atom. The van der Waals surface area contributed by atoms with E-state index in [1.54, 1.807) is 20.2 Å². The Morgan fingerprint density at radius 1 is 1.07 bits per heavy atom. The molecule has 1 heterocycles. The molecular weight excluding hydrogens is 556 g/mol. The number of amides is 1. The molecule has 1 amide bonds. The number of aliphatic hydroxyl groups excluding tert-OH is 2. The summed E-state index contributed by atoms with van der Waals surface area (Å²) >= 11 is 0. The van der Waals surface area contributed by atoms with Gasteiger partial charge in [-0.3, -0.25) is 19.3 Å². The second-order valence-electron chi connectivity index (χ2n) is 13.0. The SMILES string of the molecule is CN(C)[C@H]1C(=O)C(C(N)=O)=C(O)[C@]2(O)C(=O)C3=C(O)c4c(O)c(C(C)(C)C)cc(-c5ccc6c(c5)OCO6)c4C[C@@H]3C[C@H]12. The van der Waals surface area contributed by atoms with Crippen LogP contribution < -0.4 is 15.2 Å². The standard InChI is InChI=1S/C32H34N2O9/c1-31(2,3)18-11-15(13-6-7-19-20(10-13)43-12-42-19)16-8-14-9-17-24(34(4)5)27(37)23(30(33)40)29(39)32(17,41)28(38)21(14)26(36)22(16)25(18)35/h6-7,10-11,14,17,24,35-36,39,41H,8-9,12H2,1-5H3,(H2,33,40)/t14-,17-,24-,32-/m1/s1. The third-order valence-corrected chi connectivity index (χ3v) is 9.21. The highest BCUT2D eigenvalue weighted by Crippen LogP contribution is 2.55. The van der Waals surface area contributed by atoms with Crippen molar-refractivity contribution in [3.63, 3.8) is 0 Å². The summed E-state index contributed by atoms with van der Waals surface area (Å²) in [5, 5.41) is 46.3. The number of aromatic hydroxyl groups is 1. The van der Waals surface area contributed by atoms with Gasteiger partial charge in [0.05, 0.1) is 11.6 Å². The van der Waals surface area contributed by atoms with Crippen molar-refractivity contribution in [3.05, 3.63) is 57.9 Å². The quantitative estimate of drug-likeness (QED) is 0.334. The number of likely N-dealkylation sites (N-methyl/N-ethyl adjacent to an activating group) is 1. The number of nitrogens with two attached hydrogens (primary N) is 1. The minimum Gasteiger partial charge on any atom is -0.508 e. The van der Waals surface area contributed by atoms with Gasteiger partial charge >= 0.3 is 0 Å². The Morgan fingerprint density at radius 3 is 2.37 bits per heavy atom. The molecule has 43 heavy (non-hydrogen) atoms. The van der Waals surface area contributed by atoms with Gasteiger partial charge in [-0.05, 0) is 73.2 Å². The van der Waals surface area contributed by atoms with E-state index < -0.39 is 63.5 Å². The van der Waals surface area contributed by atoms with Crippen LogP contribution in [-0.4, -0.2) is 75.3 Å². The average molecular weight is 591 g/mol. The number of aliphatic hydroxyl groups is 3. The molecule has 6 N–H and O–H groups in total. The van der Waals surface area contributed by atoms with Crippen molar-refractivity contribution in [2.75, 3.05) is 20.9 Å². The maximum atomic E-state index is 14.2. The molecule has 1 aliphatic heterocycles. The maximum Gasteiger partial charge on any atom is 0.255 e. The Bertz CT molecular complexity index is 1700. The fraction of sp³-hybridized carbons (Fsp3) is 0.406. The lowest BCUT2D eigenvalue weighted by molar-refractivity contribution is -0.153. The van der Waals surface area contributed by atoms with Crippen LogP contribution in [0.2, 0.25) is 0 Å². The Balaban J connectivity index is 1.61. The largest absolute Gasteiger partial charge is 0.508 e. The van der Waals surface area contributed by atoms with E-state index in [1.165, 1.54) is 4.90 Å². The number of ether oxygens (including phenoxy) is 2. The van der Waals surface area contributed by atoms with Crippen molar-refractivity contribution in [3.8, 4) is 28.4 Å². The van der Waals surface area contributed by atoms with E-state index in [0.717, 1.165) is 5.56 Å². The molecule has 1 saturated carbocycles. The van der Waals surface area contributed by atoms with Gasteiger partial charge in [0.15, 0.2) is 22.9 Å². The smallest absolute Gasteiger partial charge is 0.255 e. The predicted octanol–water partition coefficient (Wildman–Crippen LogP) is 2.66. The number of phenols is 1. The van der Waals surface area contributed by atoms with Gasteiger partial charge in [-0.2, -0.15) is 0 Å². The van der Waals surface area contributed by atoms with Gasteiger partial charge in [0.1, 0.15) is 22.8 Å². The molecule has 0 saturated heterocycles. The maximum absolute atomic E-state index is 14.2. The number of phenolic OH excluding ortho intramolecular Hbond substituents is 1. The molecule has 0 unspecified atom stereocenters. The van der Waals surface area contributed by atoms with Crippen LogP contribution in [-0.2, 0) is 26.2 Å². The number of nitrogens with zero attached hydrogens (tertiary/aromatic N) is 1. The van der Waals surface area contributed by atoms with E-state index in [-0.39, 0.29) is 36.5 Å². The summed E-state index contributed by atoms with van der Waals surface area (Å²) in [6.45, 7) is 5.80. The molecule has 1 fully saturated rings. The number of fused-ring (bicyclic) bond motifs is 4. The van der Waals surface area contributed by atoms with E-state index >= 15 is 0 Å². The van der Waals surface area contributed by atoms with Gasteiger partial charge in [0.2, 0.25) is 12.6 Å². The molecule has 3 aliphatic carbocycles. The van der Waals surface area contributed by atoms with Crippen molar-refractivity contribution in [2.24, 2.45) is 17.6 Å². The van der Waals surface area contributed by atoms with Crippen LogP contribution in [0.1, 0.15) is 43.9 Å². The molecule has 4 aliphatic rings. The fourth-order valence-electron chi connectivity index (χ4n) is 7.20. The topological polar surface area (TPSA) is 180 Å². The summed E-state index contributed by atoms with van der Waals surface area (Å²) in [5.41, 5.74) is 3.70. The second-order valence-corrected chi connectivity index (χ2v) is 13.0. The number of Topliss-reactive ketones (excluding diaryl/α,β-unsaturated/α-hetero) is 2. The van der Waals surface area contributed by atoms with Crippen LogP contribution in [0.25, 0.3) is 16.9 Å². The fourth-order valence-corrected chi connectivity index (χ4v) is 7.20. The summed E-state index contributed by atoms with van der Waals surface area (Å²) < 4.78 is 11.1. The van der Waals surface area contributed by atoms with Gasteiger partial charge in [-0.1, -0.05) is 26.8 Å². The number of benzene rings is 2. The Labute approximate surface area is 247 Å². The van der Waals surface area contributed by atoms with Crippen molar-refractivity contribution in [1.29, 1.82) is 0 Å². The third-order valence-electron chi connectivity index (χ3n) is 9.21. The summed E-state index contributed by atoms with van der Waals surface area (Å²) in [5.74, 6) is -5.65. The van der Waals surface area contributed by atoms with Gasteiger partial charge < -0.3 is 35.6 Å². The summed E-state index contributed by atoms with van der Waals surface area (Å²) in [6, 6.07) is 6.17. The highest BCUT2D eigenvalue weighted by atomic mass is 16.7. The molecule has 11 heteroatoms. The van der Waals surface area contributed by atoms with Crippen molar-refractivity contribution >= 4 is 23.2 Å². The van der Waals surface area contributed by atoms with Gasteiger partial charge in [-0.25, -0.2) is 0 Å². The van der Waals surface area contributed by atoms with Crippen LogP contribution >= 0.6 is 0 Å². The molecular formula is C32H34N2O9. The lowest BCUT2D eigenvalue weighted by Gasteiger charge is -2.50. The van der Waals surface area contributed by atoms with Crippen LogP contribution in [0.3, 0.4) is 0 Å². The highest BCUT2D eigenvalue weighted by Gasteiger charge is 2.64.